The van der Waals surface area contributed by atoms with Crippen molar-refractivity contribution in [2.45, 2.75) is 12.6 Å². The van der Waals surface area contributed by atoms with E-state index in [1.807, 2.05) is 30.3 Å². The van der Waals surface area contributed by atoms with Crippen LogP contribution in [0.5, 0.6) is 5.75 Å². The van der Waals surface area contributed by atoms with Crippen LogP contribution in [0.15, 0.2) is 66.7 Å². The van der Waals surface area contributed by atoms with Gasteiger partial charge in [0.25, 0.3) is 0 Å². The fourth-order valence-corrected chi connectivity index (χ4v) is 1.93. The van der Waals surface area contributed by atoms with Crippen LogP contribution >= 0.6 is 0 Å². The molecule has 2 aromatic carbocycles. The van der Waals surface area contributed by atoms with Crippen molar-refractivity contribution in [1.82, 2.24) is 5.32 Å². The summed E-state index contributed by atoms with van der Waals surface area (Å²) >= 11 is 0. The van der Waals surface area contributed by atoms with E-state index in [1.54, 1.807) is 31.4 Å². The van der Waals surface area contributed by atoms with Gasteiger partial charge < -0.3 is 15.2 Å². The highest BCUT2D eigenvalue weighted by molar-refractivity contribution is 5.87. The maximum absolute atomic E-state index is 11.7. The maximum Gasteiger partial charge on any atom is 0.244 e. The van der Waals surface area contributed by atoms with Gasteiger partial charge in [-0.1, -0.05) is 42.5 Å². The first-order valence-corrected chi connectivity index (χ1v) is 7.01. The molecule has 0 heterocycles. The molecular formula is C18H19NO3. The van der Waals surface area contributed by atoms with E-state index in [2.05, 4.69) is 5.32 Å². The summed E-state index contributed by atoms with van der Waals surface area (Å²) in [4.78, 5) is 11.7. The highest BCUT2D eigenvalue weighted by Crippen LogP contribution is 2.18. The Hall–Kier alpha value is -2.59. The minimum atomic E-state index is -0.826. The first kappa shape index (κ1) is 15.8. The number of hydrogen-bond acceptors (Lipinski definition) is 3. The topological polar surface area (TPSA) is 58.6 Å². The molecule has 4 heteroatoms. The third kappa shape index (κ3) is 4.75. The molecule has 1 atom stereocenters. The lowest BCUT2D eigenvalue weighted by molar-refractivity contribution is -0.116. The monoisotopic (exact) mass is 297 g/mol. The van der Waals surface area contributed by atoms with E-state index in [0.717, 1.165) is 11.3 Å². The largest absolute Gasteiger partial charge is 0.497 e. The van der Waals surface area contributed by atoms with Crippen LogP contribution in [0.25, 0.3) is 0 Å². The quantitative estimate of drug-likeness (QED) is 0.806. The second-order valence-electron chi connectivity index (χ2n) is 4.78. The van der Waals surface area contributed by atoms with Crippen molar-refractivity contribution in [1.29, 1.82) is 0 Å². The highest BCUT2D eigenvalue weighted by Gasteiger charge is 2.04. The van der Waals surface area contributed by atoms with Gasteiger partial charge in [-0.15, -0.1) is 0 Å². The average molecular weight is 297 g/mol. The van der Waals surface area contributed by atoms with Crippen molar-refractivity contribution in [3.63, 3.8) is 0 Å². The van der Waals surface area contributed by atoms with Crippen LogP contribution in [-0.4, -0.2) is 18.1 Å². The summed E-state index contributed by atoms with van der Waals surface area (Å²) in [5.74, 6) is 0.483. The second kappa shape index (κ2) is 8.00. The number of carbonyl (C=O) groups excluding carboxylic acids is 1. The van der Waals surface area contributed by atoms with Gasteiger partial charge in [0.2, 0.25) is 5.91 Å². The Labute approximate surface area is 130 Å². The van der Waals surface area contributed by atoms with Crippen LogP contribution in [0.3, 0.4) is 0 Å². The van der Waals surface area contributed by atoms with Gasteiger partial charge in [-0.2, -0.15) is 0 Å². The molecule has 2 aromatic rings. The van der Waals surface area contributed by atoms with Gasteiger partial charge in [-0.3, -0.25) is 4.79 Å². The van der Waals surface area contributed by atoms with E-state index in [9.17, 15) is 9.90 Å². The van der Waals surface area contributed by atoms with Crippen molar-refractivity contribution in [2.24, 2.45) is 0 Å². The zero-order valence-corrected chi connectivity index (χ0v) is 12.4. The lowest BCUT2D eigenvalue weighted by atomic mass is 10.1. The van der Waals surface area contributed by atoms with Gasteiger partial charge in [0.1, 0.15) is 5.75 Å². The molecule has 2 N–H and O–H groups in total. The predicted molar refractivity (Wildman–Crippen MR) is 85.4 cm³/mol. The fourth-order valence-electron chi connectivity index (χ4n) is 1.93. The summed E-state index contributed by atoms with van der Waals surface area (Å²) < 4.78 is 5.06. The molecular weight excluding hydrogens is 278 g/mol. The van der Waals surface area contributed by atoms with E-state index in [4.69, 9.17) is 4.74 Å². The lowest BCUT2D eigenvalue weighted by Crippen LogP contribution is -2.20. The molecule has 2 rings (SSSR count). The number of aliphatic hydroxyl groups excluding tert-OH is 1. The molecule has 0 fully saturated rings. The molecule has 114 valence electrons. The van der Waals surface area contributed by atoms with Crippen molar-refractivity contribution in [3.8, 4) is 5.75 Å². The summed E-state index contributed by atoms with van der Waals surface area (Å²) in [5.41, 5.74) is 1.73. The number of hydrogen-bond donors (Lipinski definition) is 2. The number of rotatable bonds is 6. The molecule has 0 aromatic heterocycles. The van der Waals surface area contributed by atoms with Crippen molar-refractivity contribution >= 4 is 5.91 Å². The van der Waals surface area contributed by atoms with Crippen molar-refractivity contribution in [2.75, 3.05) is 7.11 Å². The number of amides is 1. The zero-order valence-electron chi connectivity index (χ0n) is 12.4. The highest BCUT2D eigenvalue weighted by atomic mass is 16.5. The molecule has 1 amide bonds. The van der Waals surface area contributed by atoms with Crippen LogP contribution in [0.1, 0.15) is 17.2 Å². The minimum Gasteiger partial charge on any atom is -0.497 e. The lowest BCUT2D eigenvalue weighted by Gasteiger charge is -2.07. The molecule has 0 saturated heterocycles. The second-order valence-corrected chi connectivity index (χ2v) is 4.78. The Kier molecular flexibility index (Phi) is 5.74. The van der Waals surface area contributed by atoms with Crippen LogP contribution < -0.4 is 10.1 Å². The molecule has 0 radical (unpaired) electrons. The molecule has 0 aliphatic heterocycles. The number of ether oxygens (including phenoxy) is 1. The van der Waals surface area contributed by atoms with Gasteiger partial charge in [-0.05, 0) is 29.3 Å². The Morgan fingerprint density at radius 1 is 1.18 bits per heavy atom. The van der Waals surface area contributed by atoms with Crippen LogP contribution in [0.4, 0.5) is 0 Å². The number of methoxy groups -OCH3 is 1. The molecule has 0 saturated carbocycles. The van der Waals surface area contributed by atoms with Gasteiger partial charge in [0, 0.05) is 12.6 Å². The van der Waals surface area contributed by atoms with E-state index in [-0.39, 0.29) is 5.91 Å². The third-order valence-electron chi connectivity index (χ3n) is 3.20. The molecule has 0 spiro atoms. The van der Waals surface area contributed by atoms with Gasteiger partial charge >= 0.3 is 0 Å². The normalized spacial score (nSPS) is 12.1. The smallest absolute Gasteiger partial charge is 0.244 e. The van der Waals surface area contributed by atoms with Crippen LogP contribution in [0.2, 0.25) is 0 Å². The minimum absolute atomic E-state index is 0.239. The molecule has 22 heavy (non-hydrogen) atoms. The van der Waals surface area contributed by atoms with E-state index in [0.29, 0.717) is 12.1 Å². The SMILES string of the molecule is COc1ccc(C(O)/C=C\C(=O)NCc2ccccc2)cc1. The Morgan fingerprint density at radius 3 is 2.50 bits per heavy atom. The summed E-state index contributed by atoms with van der Waals surface area (Å²) in [6.45, 7) is 0.461. The standard InChI is InChI=1S/C18H19NO3/c1-22-16-9-7-15(8-10-16)17(20)11-12-18(21)19-13-14-5-3-2-4-6-14/h2-12,17,20H,13H2,1H3,(H,19,21)/b12-11-. The number of carbonyl (C=O) groups is 1. The average Bonchev–Trinajstić information content (AvgIpc) is 2.58. The van der Waals surface area contributed by atoms with Crippen molar-refractivity contribution < 1.29 is 14.6 Å². The van der Waals surface area contributed by atoms with Crippen LogP contribution in [0, 0.1) is 0 Å². The van der Waals surface area contributed by atoms with Crippen molar-refractivity contribution in [3.05, 3.63) is 77.9 Å². The summed E-state index contributed by atoms with van der Waals surface area (Å²) in [6.07, 6.45) is 1.98. The predicted octanol–water partition coefficient (Wildman–Crippen LogP) is 2.60. The number of nitrogens with one attached hydrogen (secondary N) is 1. The fraction of sp³-hybridized carbons (Fsp3) is 0.167. The Balaban J connectivity index is 1.85. The Bertz CT molecular complexity index is 621. The van der Waals surface area contributed by atoms with Crippen LogP contribution in [-0.2, 0) is 11.3 Å². The third-order valence-corrected chi connectivity index (χ3v) is 3.20. The molecule has 4 nitrogen and oxygen atoms in total. The van der Waals surface area contributed by atoms with Gasteiger partial charge in [0.15, 0.2) is 0 Å². The summed E-state index contributed by atoms with van der Waals surface area (Å²) in [7, 11) is 1.59. The molecule has 0 bridgehead atoms. The first-order chi connectivity index (χ1) is 10.7. The molecule has 0 aliphatic carbocycles. The number of benzene rings is 2. The van der Waals surface area contributed by atoms with E-state index >= 15 is 0 Å². The molecule has 0 aliphatic rings. The summed E-state index contributed by atoms with van der Waals surface area (Å²) in [5, 5.41) is 12.8. The maximum atomic E-state index is 11.7. The zero-order chi connectivity index (χ0) is 15.8. The summed E-state index contributed by atoms with van der Waals surface area (Å²) in [6, 6.07) is 16.7. The van der Waals surface area contributed by atoms with E-state index < -0.39 is 6.10 Å². The molecule has 1 unspecified atom stereocenters. The first-order valence-electron chi connectivity index (χ1n) is 7.01. The van der Waals surface area contributed by atoms with E-state index in [1.165, 1.54) is 12.2 Å². The number of aliphatic hydroxyl groups is 1. The van der Waals surface area contributed by atoms with Gasteiger partial charge in [-0.25, -0.2) is 0 Å². The Morgan fingerprint density at radius 2 is 1.86 bits per heavy atom. The van der Waals surface area contributed by atoms with Gasteiger partial charge in [0.05, 0.1) is 13.2 Å².